The van der Waals surface area contributed by atoms with E-state index in [1.54, 1.807) is 45.3 Å². The largest absolute Gasteiger partial charge is 0.343 e. The minimum Gasteiger partial charge on any atom is -0.343 e. The maximum atomic E-state index is 11.3. The minimum atomic E-state index is -0.505. The summed E-state index contributed by atoms with van der Waals surface area (Å²) in [6.07, 6.45) is 3.23. The zero-order valence-corrected chi connectivity index (χ0v) is 8.57. The number of aromatic nitrogens is 1. The van der Waals surface area contributed by atoms with Crippen molar-refractivity contribution in [2.24, 2.45) is 5.41 Å². The predicted octanol–water partition coefficient (Wildman–Crippen LogP) is 2.00. The molecular formula is C10H14N2O2. The van der Waals surface area contributed by atoms with Gasteiger partial charge in [0.15, 0.2) is 0 Å². The number of anilines is 1. The second-order valence-corrected chi connectivity index (χ2v) is 3.98. The van der Waals surface area contributed by atoms with Gasteiger partial charge in [0.1, 0.15) is 0 Å². The molecule has 4 nitrogen and oxygen atoms in total. The lowest BCUT2D eigenvalue weighted by Crippen LogP contribution is -2.25. The molecule has 0 fully saturated rings. The third kappa shape index (κ3) is 3.05. The van der Waals surface area contributed by atoms with E-state index in [0.29, 0.717) is 5.69 Å². The van der Waals surface area contributed by atoms with E-state index >= 15 is 0 Å². The summed E-state index contributed by atoms with van der Waals surface area (Å²) in [7, 11) is 0. The van der Waals surface area contributed by atoms with Gasteiger partial charge in [-0.3, -0.25) is 4.98 Å². The molecule has 0 aromatic carbocycles. The molecule has 0 radical (unpaired) electrons. The van der Waals surface area contributed by atoms with E-state index < -0.39 is 5.41 Å². The fourth-order valence-corrected chi connectivity index (χ4v) is 0.681. The summed E-state index contributed by atoms with van der Waals surface area (Å²) in [6, 6.07) is 3.52. The lowest BCUT2D eigenvalue weighted by molar-refractivity contribution is -0.149. The molecule has 0 aliphatic carbocycles. The van der Waals surface area contributed by atoms with Crippen LogP contribution in [0.4, 0.5) is 5.69 Å². The van der Waals surface area contributed by atoms with Crippen molar-refractivity contribution in [1.29, 1.82) is 0 Å². The highest BCUT2D eigenvalue weighted by molar-refractivity contribution is 5.76. The van der Waals surface area contributed by atoms with Crippen molar-refractivity contribution in [3.05, 3.63) is 24.5 Å². The first-order valence-electron chi connectivity index (χ1n) is 4.37. The first-order valence-corrected chi connectivity index (χ1v) is 4.37. The molecule has 0 unspecified atom stereocenters. The zero-order chi connectivity index (χ0) is 10.6. The molecule has 1 heterocycles. The first kappa shape index (κ1) is 10.5. The average molecular weight is 194 g/mol. The van der Waals surface area contributed by atoms with E-state index in [9.17, 15) is 4.79 Å². The Labute approximate surface area is 83.3 Å². The summed E-state index contributed by atoms with van der Waals surface area (Å²) in [6.45, 7) is 5.38. The molecule has 1 aromatic heterocycles. The van der Waals surface area contributed by atoms with Gasteiger partial charge >= 0.3 is 5.97 Å². The number of hydrogen-bond donors (Lipinski definition) is 1. The Kier molecular flexibility index (Phi) is 3.06. The fourth-order valence-electron chi connectivity index (χ4n) is 0.681. The van der Waals surface area contributed by atoms with E-state index in [1.807, 2.05) is 0 Å². The van der Waals surface area contributed by atoms with E-state index in [2.05, 4.69) is 10.5 Å². The monoisotopic (exact) mass is 194 g/mol. The molecule has 0 saturated carbocycles. The van der Waals surface area contributed by atoms with Gasteiger partial charge < -0.3 is 4.84 Å². The molecule has 0 aliphatic heterocycles. The van der Waals surface area contributed by atoms with Crippen LogP contribution in [0.15, 0.2) is 24.5 Å². The standard InChI is InChI=1S/C10H14N2O2/c1-10(2,3)9(13)14-12-8-5-4-6-11-7-8/h4-7,12H,1-3H3. The highest BCUT2D eigenvalue weighted by atomic mass is 16.7. The molecule has 14 heavy (non-hydrogen) atoms. The molecule has 0 saturated heterocycles. The molecule has 1 N–H and O–H groups in total. The number of pyridine rings is 1. The van der Waals surface area contributed by atoms with Crippen LogP contribution in [-0.2, 0) is 9.63 Å². The smallest absolute Gasteiger partial charge is 0.337 e. The van der Waals surface area contributed by atoms with Gasteiger partial charge in [-0.1, -0.05) is 0 Å². The molecule has 76 valence electrons. The molecule has 0 bridgehead atoms. The van der Waals surface area contributed by atoms with Crippen LogP contribution in [0.25, 0.3) is 0 Å². The van der Waals surface area contributed by atoms with Crippen LogP contribution >= 0.6 is 0 Å². The Morgan fingerprint density at radius 2 is 2.21 bits per heavy atom. The molecule has 0 atom stereocenters. The first-order chi connectivity index (χ1) is 6.50. The fraction of sp³-hybridized carbons (Fsp3) is 0.400. The summed E-state index contributed by atoms with van der Waals surface area (Å²) in [4.78, 5) is 20.1. The molecular weight excluding hydrogens is 180 g/mol. The summed E-state index contributed by atoms with van der Waals surface area (Å²) >= 11 is 0. The summed E-state index contributed by atoms with van der Waals surface area (Å²) in [5.41, 5.74) is 2.69. The second kappa shape index (κ2) is 4.09. The molecule has 1 rings (SSSR count). The minimum absolute atomic E-state index is 0.304. The quantitative estimate of drug-likeness (QED) is 0.731. The number of rotatable bonds is 2. The van der Waals surface area contributed by atoms with Crippen molar-refractivity contribution in [2.75, 3.05) is 5.48 Å². The van der Waals surface area contributed by atoms with Crippen molar-refractivity contribution in [2.45, 2.75) is 20.8 Å². The highest BCUT2D eigenvalue weighted by Gasteiger charge is 2.23. The van der Waals surface area contributed by atoms with Crippen molar-refractivity contribution in [3.63, 3.8) is 0 Å². The second-order valence-electron chi connectivity index (χ2n) is 3.98. The Balaban J connectivity index is 2.46. The lowest BCUT2D eigenvalue weighted by atomic mass is 9.98. The van der Waals surface area contributed by atoms with Crippen LogP contribution in [0.3, 0.4) is 0 Å². The number of hydrogen-bond acceptors (Lipinski definition) is 4. The third-order valence-electron chi connectivity index (χ3n) is 1.54. The SMILES string of the molecule is CC(C)(C)C(=O)ONc1cccnc1. The third-order valence-corrected chi connectivity index (χ3v) is 1.54. The zero-order valence-electron chi connectivity index (χ0n) is 8.57. The van der Waals surface area contributed by atoms with Gasteiger partial charge in [-0.25, -0.2) is 10.3 Å². The average Bonchev–Trinajstić information content (AvgIpc) is 2.14. The summed E-state index contributed by atoms with van der Waals surface area (Å²) < 4.78 is 0. The van der Waals surface area contributed by atoms with Crippen molar-refractivity contribution in [3.8, 4) is 0 Å². The number of carbonyl (C=O) groups excluding carboxylic acids is 1. The number of carbonyl (C=O) groups is 1. The maximum absolute atomic E-state index is 11.3. The van der Waals surface area contributed by atoms with Gasteiger partial charge in [-0.2, -0.15) is 0 Å². The van der Waals surface area contributed by atoms with Crippen molar-refractivity contribution < 1.29 is 9.63 Å². The Morgan fingerprint density at radius 3 is 2.71 bits per heavy atom. The van der Waals surface area contributed by atoms with Crippen molar-refractivity contribution >= 4 is 11.7 Å². The Bertz CT molecular complexity index is 304. The van der Waals surface area contributed by atoms with E-state index in [-0.39, 0.29) is 5.97 Å². The highest BCUT2D eigenvalue weighted by Crippen LogP contribution is 2.15. The van der Waals surface area contributed by atoms with Crippen LogP contribution in [0.2, 0.25) is 0 Å². The van der Waals surface area contributed by atoms with Gasteiger partial charge in [0, 0.05) is 6.20 Å². The lowest BCUT2D eigenvalue weighted by Gasteiger charge is -2.16. The molecule has 1 aromatic rings. The van der Waals surface area contributed by atoms with Gasteiger partial charge in [-0.15, -0.1) is 0 Å². The van der Waals surface area contributed by atoms with E-state index in [1.165, 1.54) is 0 Å². The van der Waals surface area contributed by atoms with Crippen LogP contribution in [0.1, 0.15) is 20.8 Å². The van der Waals surface area contributed by atoms with Crippen LogP contribution in [-0.4, -0.2) is 11.0 Å². The van der Waals surface area contributed by atoms with Gasteiger partial charge in [0.25, 0.3) is 0 Å². The maximum Gasteiger partial charge on any atom is 0.337 e. The Hall–Kier alpha value is -1.58. The van der Waals surface area contributed by atoms with Crippen LogP contribution in [0.5, 0.6) is 0 Å². The molecule has 0 aliphatic rings. The summed E-state index contributed by atoms with van der Waals surface area (Å²) in [5, 5.41) is 0. The van der Waals surface area contributed by atoms with Gasteiger partial charge in [-0.05, 0) is 32.9 Å². The normalized spacial score (nSPS) is 10.8. The van der Waals surface area contributed by atoms with Gasteiger partial charge in [0.05, 0.1) is 17.3 Å². The van der Waals surface area contributed by atoms with Crippen LogP contribution in [0, 0.1) is 5.41 Å². The number of nitrogens with one attached hydrogen (secondary N) is 1. The van der Waals surface area contributed by atoms with Crippen LogP contribution < -0.4 is 5.48 Å². The molecule has 4 heteroatoms. The topological polar surface area (TPSA) is 51.2 Å². The van der Waals surface area contributed by atoms with Crippen molar-refractivity contribution in [1.82, 2.24) is 4.98 Å². The molecule has 0 amide bonds. The van der Waals surface area contributed by atoms with E-state index in [0.717, 1.165) is 0 Å². The summed E-state index contributed by atoms with van der Waals surface area (Å²) in [5.74, 6) is -0.304. The van der Waals surface area contributed by atoms with E-state index in [4.69, 9.17) is 4.84 Å². The Morgan fingerprint density at radius 1 is 1.50 bits per heavy atom. The number of nitrogens with zero attached hydrogens (tertiary/aromatic N) is 1. The predicted molar refractivity (Wildman–Crippen MR) is 53.4 cm³/mol. The molecule has 0 spiro atoms. The van der Waals surface area contributed by atoms with Gasteiger partial charge in [0.2, 0.25) is 0 Å².